The Labute approximate surface area is 216 Å². The lowest BCUT2D eigenvalue weighted by Crippen LogP contribution is -2.43. The van der Waals surface area contributed by atoms with Gasteiger partial charge in [-0.05, 0) is 89.2 Å². The summed E-state index contributed by atoms with van der Waals surface area (Å²) in [5.74, 6) is 1.12. The molecule has 0 fully saturated rings. The quantitative estimate of drug-likeness (QED) is 0.377. The van der Waals surface area contributed by atoms with Crippen molar-refractivity contribution in [1.82, 2.24) is 5.32 Å². The van der Waals surface area contributed by atoms with E-state index in [0.29, 0.717) is 11.4 Å². The molecule has 1 heterocycles. The molecule has 0 spiro atoms. The molecule has 0 aliphatic carbocycles. The van der Waals surface area contributed by atoms with E-state index in [1.54, 1.807) is 39.0 Å². The highest BCUT2D eigenvalue weighted by molar-refractivity contribution is 7.92. The zero-order valence-corrected chi connectivity index (χ0v) is 22.4. The highest BCUT2D eigenvalue weighted by Gasteiger charge is 2.22. The molecule has 3 aromatic rings. The molecule has 0 bridgehead atoms. The van der Waals surface area contributed by atoms with Crippen LogP contribution in [0, 0.1) is 6.92 Å². The fourth-order valence-corrected chi connectivity index (χ4v) is 4.32. The topological polar surface area (TPSA) is 136 Å². The van der Waals surface area contributed by atoms with Gasteiger partial charge in [0.1, 0.15) is 28.9 Å². The Morgan fingerprint density at radius 1 is 1.00 bits per heavy atom. The van der Waals surface area contributed by atoms with E-state index in [2.05, 4.69) is 15.4 Å². The number of hydrogen-bond acceptors (Lipinski definition) is 7. The summed E-state index contributed by atoms with van der Waals surface area (Å²) in [6, 6.07) is 13.5. The summed E-state index contributed by atoms with van der Waals surface area (Å²) in [7, 11) is -2.58. The molecular formula is C26H31N3O7S. The molecule has 0 saturated heterocycles. The summed E-state index contributed by atoms with van der Waals surface area (Å²) in [4.78, 5) is 24.6. The minimum atomic E-state index is -3.98. The Morgan fingerprint density at radius 3 is 2.24 bits per heavy atom. The van der Waals surface area contributed by atoms with Gasteiger partial charge < -0.3 is 24.5 Å². The second-order valence-electron chi connectivity index (χ2n) is 9.31. The van der Waals surface area contributed by atoms with Crippen LogP contribution in [0.4, 0.5) is 16.2 Å². The maximum Gasteiger partial charge on any atom is 0.408 e. The molecule has 0 unspecified atom stereocenters. The van der Waals surface area contributed by atoms with E-state index in [0.717, 1.165) is 11.3 Å². The lowest BCUT2D eigenvalue weighted by atomic mass is 10.2. The number of carbonyl (C=O) groups is 2. The monoisotopic (exact) mass is 529 g/mol. The number of methoxy groups -OCH3 is 1. The highest BCUT2D eigenvalue weighted by Crippen LogP contribution is 2.31. The van der Waals surface area contributed by atoms with Crippen LogP contribution < -0.4 is 20.1 Å². The molecule has 1 atom stereocenters. The van der Waals surface area contributed by atoms with Crippen LogP contribution in [0.5, 0.6) is 5.75 Å². The van der Waals surface area contributed by atoms with E-state index in [9.17, 15) is 18.0 Å². The number of nitrogens with one attached hydrogen (secondary N) is 3. The van der Waals surface area contributed by atoms with E-state index in [-0.39, 0.29) is 16.3 Å². The predicted octanol–water partition coefficient (Wildman–Crippen LogP) is 4.92. The minimum Gasteiger partial charge on any atom is -0.495 e. The number of furan rings is 1. The molecule has 198 valence electrons. The minimum absolute atomic E-state index is 0.0335. The number of carbonyl (C=O) groups excluding carboxylic acids is 2. The van der Waals surface area contributed by atoms with E-state index in [4.69, 9.17) is 13.9 Å². The van der Waals surface area contributed by atoms with Crippen molar-refractivity contribution in [3.8, 4) is 17.1 Å². The number of alkyl carbamates (subject to hydrolysis) is 1. The summed E-state index contributed by atoms with van der Waals surface area (Å²) in [6.45, 7) is 8.47. The average molecular weight is 530 g/mol. The third kappa shape index (κ3) is 7.50. The van der Waals surface area contributed by atoms with Crippen molar-refractivity contribution in [2.24, 2.45) is 0 Å². The van der Waals surface area contributed by atoms with Gasteiger partial charge in [-0.25, -0.2) is 13.2 Å². The van der Waals surface area contributed by atoms with Gasteiger partial charge in [0.25, 0.3) is 10.0 Å². The fraction of sp³-hybridized carbons (Fsp3) is 0.308. The molecule has 10 nitrogen and oxygen atoms in total. The van der Waals surface area contributed by atoms with Gasteiger partial charge in [0.05, 0.1) is 17.7 Å². The van der Waals surface area contributed by atoms with Crippen molar-refractivity contribution >= 4 is 33.4 Å². The van der Waals surface area contributed by atoms with Gasteiger partial charge in [-0.2, -0.15) is 0 Å². The van der Waals surface area contributed by atoms with E-state index >= 15 is 0 Å². The van der Waals surface area contributed by atoms with E-state index in [1.807, 2.05) is 19.1 Å². The number of hydrogen-bond donors (Lipinski definition) is 3. The van der Waals surface area contributed by atoms with Gasteiger partial charge in [-0.1, -0.05) is 0 Å². The maximum absolute atomic E-state index is 13.1. The summed E-state index contributed by atoms with van der Waals surface area (Å²) >= 11 is 0. The van der Waals surface area contributed by atoms with Crippen molar-refractivity contribution in [3.63, 3.8) is 0 Å². The number of aryl methyl sites for hydroxylation is 1. The van der Waals surface area contributed by atoms with Gasteiger partial charge in [-0.15, -0.1) is 0 Å². The Kier molecular flexibility index (Phi) is 8.17. The largest absolute Gasteiger partial charge is 0.495 e. The van der Waals surface area contributed by atoms with Gasteiger partial charge in [0.2, 0.25) is 5.91 Å². The lowest BCUT2D eigenvalue weighted by Gasteiger charge is -2.21. The molecule has 2 amide bonds. The first-order valence-electron chi connectivity index (χ1n) is 11.5. The molecule has 3 rings (SSSR count). The highest BCUT2D eigenvalue weighted by atomic mass is 32.2. The number of rotatable bonds is 8. The first kappa shape index (κ1) is 27.6. The number of ether oxygens (including phenoxy) is 2. The SMILES string of the molecule is COc1ccc(NC(=O)[C@@H](C)NC(=O)OC(C)(C)C)cc1NS(=O)(=O)c1ccc(-c2ccc(C)o2)cc1. The van der Waals surface area contributed by atoms with Crippen LogP contribution in [0.25, 0.3) is 11.3 Å². The van der Waals surface area contributed by atoms with Crippen LogP contribution in [-0.2, 0) is 19.6 Å². The van der Waals surface area contributed by atoms with E-state index in [1.165, 1.54) is 38.3 Å². The molecule has 0 aliphatic heterocycles. The van der Waals surface area contributed by atoms with Crippen LogP contribution >= 0.6 is 0 Å². The summed E-state index contributed by atoms with van der Waals surface area (Å²) in [5, 5.41) is 5.10. The summed E-state index contributed by atoms with van der Waals surface area (Å²) in [5.41, 5.74) is 0.451. The van der Waals surface area contributed by atoms with Gasteiger partial charge >= 0.3 is 6.09 Å². The molecule has 0 radical (unpaired) electrons. The van der Waals surface area contributed by atoms with Crippen LogP contribution in [-0.4, -0.2) is 39.2 Å². The third-order valence-electron chi connectivity index (χ3n) is 5.03. The number of anilines is 2. The van der Waals surface area contributed by atoms with Crippen molar-refractivity contribution in [1.29, 1.82) is 0 Å². The second-order valence-corrected chi connectivity index (χ2v) is 11.0. The standard InChI is InChI=1S/C26H31N3O7S/c1-16-7-13-22(35-16)18-8-11-20(12-9-18)37(32,33)29-21-15-19(10-14-23(21)34-6)28-24(30)17(2)27-25(31)36-26(3,4)5/h7-15,17,29H,1-6H3,(H,27,31)(H,28,30)/t17-/m1/s1. The summed E-state index contributed by atoms with van der Waals surface area (Å²) < 4.78 is 44.6. The molecule has 1 aromatic heterocycles. The fourth-order valence-electron chi connectivity index (χ4n) is 3.26. The average Bonchev–Trinajstić information content (AvgIpc) is 3.24. The van der Waals surface area contributed by atoms with Crippen molar-refractivity contribution in [3.05, 3.63) is 60.4 Å². The molecule has 11 heteroatoms. The molecular weight excluding hydrogens is 498 g/mol. The zero-order chi connectivity index (χ0) is 27.4. The first-order chi connectivity index (χ1) is 17.3. The van der Waals surface area contributed by atoms with Gasteiger partial charge in [0, 0.05) is 11.3 Å². The van der Waals surface area contributed by atoms with Crippen molar-refractivity contribution < 1.29 is 31.9 Å². The Hall–Kier alpha value is -3.99. The van der Waals surface area contributed by atoms with Crippen molar-refractivity contribution in [2.75, 3.05) is 17.1 Å². The van der Waals surface area contributed by atoms with Crippen LogP contribution in [0.3, 0.4) is 0 Å². The smallest absolute Gasteiger partial charge is 0.408 e. The predicted molar refractivity (Wildman–Crippen MR) is 140 cm³/mol. The van der Waals surface area contributed by atoms with Gasteiger partial charge in [-0.3, -0.25) is 9.52 Å². The second kappa shape index (κ2) is 11.0. The van der Waals surface area contributed by atoms with Gasteiger partial charge in [0.15, 0.2) is 0 Å². The number of sulfonamides is 1. The van der Waals surface area contributed by atoms with Crippen molar-refractivity contribution in [2.45, 2.75) is 51.2 Å². The maximum atomic E-state index is 13.1. The van der Waals surface area contributed by atoms with Crippen LogP contribution in [0.15, 0.2) is 63.9 Å². The lowest BCUT2D eigenvalue weighted by molar-refractivity contribution is -0.117. The first-order valence-corrected chi connectivity index (χ1v) is 12.9. The molecule has 2 aromatic carbocycles. The third-order valence-corrected chi connectivity index (χ3v) is 6.41. The van der Waals surface area contributed by atoms with Crippen LogP contribution in [0.2, 0.25) is 0 Å². The zero-order valence-electron chi connectivity index (χ0n) is 21.5. The Morgan fingerprint density at radius 2 is 1.68 bits per heavy atom. The molecule has 0 saturated carbocycles. The van der Waals surface area contributed by atoms with Crippen LogP contribution in [0.1, 0.15) is 33.5 Å². The summed E-state index contributed by atoms with van der Waals surface area (Å²) in [6.07, 6.45) is -0.730. The Balaban J connectivity index is 1.74. The normalized spacial score (nSPS) is 12.4. The Bertz CT molecular complexity index is 1370. The molecule has 0 aliphatic rings. The molecule has 3 N–H and O–H groups in total. The molecule has 37 heavy (non-hydrogen) atoms. The number of amides is 2. The number of benzene rings is 2. The van der Waals surface area contributed by atoms with E-state index < -0.39 is 33.7 Å².